The summed E-state index contributed by atoms with van der Waals surface area (Å²) >= 11 is 0. The molecule has 2 aromatic carbocycles. The van der Waals surface area contributed by atoms with Gasteiger partial charge in [-0.15, -0.1) is 0 Å². The maximum absolute atomic E-state index is 13.3. The third-order valence-electron chi connectivity index (χ3n) is 5.05. The van der Waals surface area contributed by atoms with Gasteiger partial charge in [0.25, 0.3) is 5.91 Å². The van der Waals surface area contributed by atoms with E-state index in [1.54, 1.807) is 55.6 Å². The first kappa shape index (κ1) is 20.6. The lowest BCUT2D eigenvalue weighted by molar-refractivity contribution is -0.141. The molecule has 0 radical (unpaired) electrons. The van der Waals surface area contributed by atoms with E-state index in [1.807, 2.05) is 20.8 Å². The minimum Gasteiger partial charge on any atom is -0.497 e. The summed E-state index contributed by atoms with van der Waals surface area (Å²) in [5.41, 5.74) is 1.30. The van der Waals surface area contributed by atoms with Crippen molar-refractivity contribution in [2.75, 3.05) is 7.11 Å². The van der Waals surface area contributed by atoms with Gasteiger partial charge in [0.15, 0.2) is 6.04 Å². The molecule has 0 saturated carbocycles. The fourth-order valence-electron chi connectivity index (χ4n) is 3.70. The highest BCUT2D eigenvalue weighted by Crippen LogP contribution is 2.32. The number of hydrogen-bond acceptors (Lipinski definition) is 5. The van der Waals surface area contributed by atoms with E-state index in [0.717, 1.165) is 5.56 Å². The van der Waals surface area contributed by atoms with Crippen molar-refractivity contribution in [1.82, 2.24) is 19.8 Å². The van der Waals surface area contributed by atoms with Crippen molar-refractivity contribution in [2.24, 2.45) is 0 Å². The van der Waals surface area contributed by atoms with Gasteiger partial charge in [0.2, 0.25) is 0 Å². The number of nitrogens with zero attached hydrogens (tertiary/aromatic N) is 3. The molecule has 0 saturated heterocycles. The second-order valence-corrected chi connectivity index (χ2v) is 8.52. The predicted octanol–water partition coefficient (Wildman–Crippen LogP) is 2.68. The van der Waals surface area contributed by atoms with Crippen LogP contribution in [0.5, 0.6) is 5.75 Å². The van der Waals surface area contributed by atoms with E-state index in [4.69, 9.17) is 4.74 Å². The van der Waals surface area contributed by atoms with E-state index in [0.29, 0.717) is 16.8 Å². The molecular weight excluding hydrogens is 396 g/mol. The lowest BCUT2D eigenvalue weighted by atomic mass is 10.0. The zero-order valence-electron chi connectivity index (χ0n) is 17.9. The van der Waals surface area contributed by atoms with Crippen LogP contribution in [0.2, 0.25) is 0 Å². The van der Waals surface area contributed by atoms with Crippen molar-refractivity contribution in [2.45, 2.75) is 38.9 Å². The molecule has 31 heavy (non-hydrogen) atoms. The van der Waals surface area contributed by atoms with E-state index >= 15 is 0 Å². The Balaban J connectivity index is 1.82. The van der Waals surface area contributed by atoms with E-state index in [-0.39, 0.29) is 12.4 Å². The predicted molar refractivity (Wildman–Crippen MR) is 115 cm³/mol. The van der Waals surface area contributed by atoms with Crippen molar-refractivity contribution >= 4 is 28.8 Å². The van der Waals surface area contributed by atoms with Gasteiger partial charge in [-0.25, -0.2) is 4.98 Å². The number of aromatic nitrogens is 2. The third-order valence-corrected chi connectivity index (χ3v) is 5.05. The number of carbonyl (C=O) groups excluding carboxylic acids is 3. The molecule has 8 heteroatoms. The number of nitrogens with one attached hydrogen (secondary N) is 1. The van der Waals surface area contributed by atoms with Crippen molar-refractivity contribution in [3.05, 3.63) is 59.9 Å². The molecular formula is C23H24N4O4. The van der Waals surface area contributed by atoms with Crippen molar-refractivity contribution in [3.63, 3.8) is 0 Å². The number of ether oxygens (including phenoxy) is 1. The summed E-state index contributed by atoms with van der Waals surface area (Å²) in [6.45, 7) is 5.66. The van der Waals surface area contributed by atoms with Crippen LogP contribution in [0.4, 0.5) is 0 Å². The number of fused-ring (bicyclic) bond motifs is 3. The molecule has 0 fully saturated rings. The molecule has 1 unspecified atom stereocenters. The monoisotopic (exact) mass is 420 g/mol. The zero-order chi connectivity index (χ0) is 22.3. The Kier molecular flexibility index (Phi) is 5.00. The second kappa shape index (κ2) is 7.54. The normalized spacial score (nSPS) is 16.4. The number of rotatable bonds is 4. The topological polar surface area (TPSA) is 93.5 Å². The highest BCUT2D eigenvalue weighted by molar-refractivity contribution is 6.38. The Morgan fingerprint density at radius 1 is 1.06 bits per heavy atom. The molecule has 0 aliphatic carbocycles. The maximum Gasteiger partial charge on any atom is 0.322 e. The highest BCUT2D eigenvalue weighted by atomic mass is 16.5. The summed E-state index contributed by atoms with van der Waals surface area (Å²) in [6.07, 6.45) is 0. The van der Waals surface area contributed by atoms with Gasteiger partial charge >= 0.3 is 11.8 Å². The van der Waals surface area contributed by atoms with Gasteiger partial charge in [0, 0.05) is 12.1 Å². The van der Waals surface area contributed by atoms with Crippen LogP contribution in [-0.4, -0.2) is 44.8 Å². The van der Waals surface area contributed by atoms with Crippen molar-refractivity contribution < 1.29 is 19.1 Å². The largest absolute Gasteiger partial charge is 0.497 e. The lowest BCUT2D eigenvalue weighted by Crippen LogP contribution is -2.54. The standard InChI is InChI=1S/C23H24N4O4/c1-23(2,3)25-20(28)18-19-24-16-7-5-6-8-17(16)27(19)22(30)21(29)26(18)13-14-9-11-15(31-4)12-10-14/h5-12,18H,13H2,1-4H3,(H,25,28). The van der Waals surface area contributed by atoms with E-state index in [9.17, 15) is 14.4 Å². The highest BCUT2D eigenvalue weighted by Gasteiger charge is 2.45. The van der Waals surface area contributed by atoms with E-state index in [2.05, 4.69) is 10.3 Å². The molecule has 0 spiro atoms. The summed E-state index contributed by atoms with van der Waals surface area (Å²) < 4.78 is 6.44. The van der Waals surface area contributed by atoms with E-state index in [1.165, 1.54) is 9.47 Å². The molecule has 1 aliphatic rings. The van der Waals surface area contributed by atoms with Crippen LogP contribution in [0.1, 0.15) is 43.0 Å². The summed E-state index contributed by atoms with van der Waals surface area (Å²) in [5, 5.41) is 2.93. The van der Waals surface area contributed by atoms with Crippen LogP contribution in [0, 0.1) is 0 Å². The SMILES string of the molecule is COc1ccc(CN2C(=O)C(=O)n3c(nc4ccccc43)C2C(=O)NC(C)(C)C)cc1. The summed E-state index contributed by atoms with van der Waals surface area (Å²) in [4.78, 5) is 45.3. The van der Waals surface area contributed by atoms with E-state index < -0.39 is 29.3 Å². The number of para-hydroxylation sites is 2. The molecule has 1 aliphatic heterocycles. The second-order valence-electron chi connectivity index (χ2n) is 8.52. The number of benzene rings is 2. The molecule has 2 amide bonds. The van der Waals surface area contributed by atoms with Gasteiger partial charge in [0.1, 0.15) is 11.6 Å². The third kappa shape index (κ3) is 3.76. The number of imidazole rings is 1. The van der Waals surface area contributed by atoms with Crippen LogP contribution in [0.3, 0.4) is 0 Å². The molecule has 3 aromatic rings. The smallest absolute Gasteiger partial charge is 0.322 e. The van der Waals surface area contributed by atoms with Crippen LogP contribution >= 0.6 is 0 Å². The number of methoxy groups -OCH3 is 1. The first-order chi connectivity index (χ1) is 14.7. The maximum atomic E-state index is 13.3. The van der Waals surface area contributed by atoms with Gasteiger partial charge in [-0.3, -0.25) is 19.0 Å². The first-order valence-electron chi connectivity index (χ1n) is 9.97. The molecule has 160 valence electrons. The lowest BCUT2D eigenvalue weighted by Gasteiger charge is -2.35. The quantitative estimate of drug-likeness (QED) is 0.655. The van der Waals surface area contributed by atoms with Gasteiger partial charge < -0.3 is 15.0 Å². The molecule has 0 bridgehead atoms. The Labute approximate surface area is 179 Å². The van der Waals surface area contributed by atoms with Crippen LogP contribution in [0.15, 0.2) is 48.5 Å². The van der Waals surface area contributed by atoms with Gasteiger partial charge in [-0.1, -0.05) is 24.3 Å². The Morgan fingerprint density at radius 3 is 2.39 bits per heavy atom. The van der Waals surface area contributed by atoms with Gasteiger partial charge in [-0.05, 0) is 50.6 Å². The number of hydrogen-bond donors (Lipinski definition) is 1. The van der Waals surface area contributed by atoms with Crippen LogP contribution in [-0.2, 0) is 16.1 Å². The summed E-state index contributed by atoms with van der Waals surface area (Å²) in [7, 11) is 1.57. The molecule has 4 rings (SSSR count). The zero-order valence-corrected chi connectivity index (χ0v) is 17.9. The van der Waals surface area contributed by atoms with Gasteiger partial charge in [0.05, 0.1) is 18.1 Å². The average Bonchev–Trinajstić information content (AvgIpc) is 3.10. The average molecular weight is 420 g/mol. The summed E-state index contributed by atoms with van der Waals surface area (Å²) in [5.74, 6) is -0.953. The Hall–Kier alpha value is -3.68. The van der Waals surface area contributed by atoms with Crippen molar-refractivity contribution in [1.29, 1.82) is 0 Å². The minimum atomic E-state index is -1.04. The molecule has 1 N–H and O–H groups in total. The fourth-order valence-corrected chi connectivity index (χ4v) is 3.70. The Morgan fingerprint density at radius 2 is 1.74 bits per heavy atom. The van der Waals surface area contributed by atoms with Crippen molar-refractivity contribution in [3.8, 4) is 5.75 Å². The van der Waals surface area contributed by atoms with Crippen LogP contribution in [0.25, 0.3) is 11.0 Å². The minimum absolute atomic E-state index is 0.0833. The Bertz CT molecular complexity index is 1170. The first-order valence-corrected chi connectivity index (χ1v) is 9.97. The molecule has 2 heterocycles. The number of carbonyl (C=O) groups is 3. The molecule has 1 aromatic heterocycles. The van der Waals surface area contributed by atoms with Crippen LogP contribution < -0.4 is 10.1 Å². The summed E-state index contributed by atoms with van der Waals surface area (Å²) in [6, 6.07) is 13.1. The molecule has 1 atom stereocenters. The molecule has 8 nitrogen and oxygen atoms in total. The number of amides is 2. The fraction of sp³-hybridized carbons (Fsp3) is 0.304. The van der Waals surface area contributed by atoms with Gasteiger partial charge in [-0.2, -0.15) is 0 Å².